The maximum atomic E-state index is 12.3. The molecule has 0 aromatic carbocycles. The number of rotatable bonds is 6. The van der Waals surface area contributed by atoms with Crippen molar-refractivity contribution in [1.82, 2.24) is 9.62 Å². The number of nitrogens with one attached hydrogen (secondary N) is 1. The Hall–Kier alpha value is -0.930. The van der Waals surface area contributed by atoms with Crippen LogP contribution >= 0.6 is 34.3 Å². The van der Waals surface area contributed by atoms with Gasteiger partial charge in [-0.3, -0.25) is 4.79 Å². The fourth-order valence-electron chi connectivity index (χ4n) is 1.77. The Morgan fingerprint density at radius 3 is 2.68 bits per heavy atom. The van der Waals surface area contributed by atoms with E-state index in [1.165, 1.54) is 30.5 Å². The van der Waals surface area contributed by atoms with Crippen molar-refractivity contribution in [2.75, 3.05) is 13.6 Å². The summed E-state index contributed by atoms with van der Waals surface area (Å²) >= 11 is 8.27. The molecule has 2 heterocycles. The van der Waals surface area contributed by atoms with Gasteiger partial charge < -0.3 is 5.32 Å². The zero-order valence-electron chi connectivity index (χ0n) is 11.9. The summed E-state index contributed by atoms with van der Waals surface area (Å²) < 4.78 is 26.1. The molecule has 0 aliphatic carbocycles. The van der Waals surface area contributed by atoms with Gasteiger partial charge in [0.1, 0.15) is 4.21 Å². The molecule has 120 valence electrons. The summed E-state index contributed by atoms with van der Waals surface area (Å²) in [6.07, 6.45) is 0. The van der Waals surface area contributed by atoms with Crippen LogP contribution in [-0.4, -0.2) is 32.2 Å². The first-order chi connectivity index (χ1) is 10.3. The summed E-state index contributed by atoms with van der Waals surface area (Å²) in [7, 11) is -2.32. The van der Waals surface area contributed by atoms with E-state index in [2.05, 4.69) is 5.32 Å². The molecule has 0 saturated carbocycles. The van der Waals surface area contributed by atoms with E-state index < -0.39 is 10.0 Å². The monoisotopic (exact) mass is 378 g/mol. The topological polar surface area (TPSA) is 66.5 Å². The lowest BCUT2D eigenvalue weighted by atomic mass is 10.3. The summed E-state index contributed by atoms with van der Waals surface area (Å²) in [5.41, 5.74) is 0. The van der Waals surface area contributed by atoms with Crippen molar-refractivity contribution in [1.29, 1.82) is 0 Å². The third-order valence-electron chi connectivity index (χ3n) is 2.93. The van der Waals surface area contributed by atoms with Gasteiger partial charge in [0.25, 0.3) is 10.0 Å². The number of halogens is 1. The molecular formula is C13H15ClN2O3S3. The number of thiophene rings is 2. The van der Waals surface area contributed by atoms with E-state index in [9.17, 15) is 13.2 Å². The van der Waals surface area contributed by atoms with Gasteiger partial charge in [-0.2, -0.15) is 4.31 Å². The molecule has 0 aliphatic rings. The maximum Gasteiger partial charge on any atom is 0.252 e. The van der Waals surface area contributed by atoms with E-state index in [1.54, 1.807) is 0 Å². The van der Waals surface area contributed by atoms with E-state index in [1.807, 2.05) is 24.4 Å². The zero-order valence-corrected chi connectivity index (χ0v) is 15.2. The third-order valence-corrected chi connectivity index (χ3v) is 7.48. The second-order valence-electron chi connectivity index (χ2n) is 4.62. The normalized spacial score (nSPS) is 13.3. The molecule has 2 aromatic rings. The minimum atomic E-state index is -3.69. The molecule has 0 bridgehead atoms. The molecule has 5 nitrogen and oxygen atoms in total. The van der Waals surface area contributed by atoms with Crippen molar-refractivity contribution >= 4 is 50.2 Å². The van der Waals surface area contributed by atoms with Crippen LogP contribution < -0.4 is 5.32 Å². The smallest absolute Gasteiger partial charge is 0.252 e. The minimum Gasteiger partial charge on any atom is -0.348 e. The predicted molar refractivity (Wildman–Crippen MR) is 90.0 cm³/mol. The average Bonchev–Trinajstić information content (AvgIpc) is 3.09. The summed E-state index contributed by atoms with van der Waals surface area (Å²) in [5.74, 6) is -0.352. The van der Waals surface area contributed by atoms with E-state index in [0.29, 0.717) is 4.34 Å². The van der Waals surface area contributed by atoms with Crippen LogP contribution in [0.25, 0.3) is 0 Å². The van der Waals surface area contributed by atoms with E-state index in [-0.39, 0.29) is 22.7 Å². The molecule has 0 saturated heterocycles. The third kappa shape index (κ3) is 4.08. The average molecular weight is 379 g/mol. The van der Waals surface area contributed by atoms with Crippen molar-refractivity contribution in [3.63, 3.8) is 0 Å². The highest BCUT2D eigenvalue weighted by molar-refractivity contribution is 7.91. The quantitative estimate of drug-likeness (QED) is 0.840. The highest BCUT2D eigenvalue weighted by atomic mass is 35.5. The van der Waals surface area contributed by atoms with Crippen LogP contribution in [-0.2, 0) is 14.8 Å². The first-order valence-corrected chi connectivity index (χ1v) is 9.86. The Kier molecular flexibility index (Phi) is 5.62. The molecule has 0 spiro atoms. The molecule has 9 heteroatoms. The second-order valence-corrected chi connectivity index (χ2v) is 9.59. The molecule has 2 rings (SSSR count). The number of hydrogen-bond acceptors (Lipinski definition) is 5. The van der Waals surface area contributed by atoms with Crippen LogP contribution in [0, 0.1) is 0 Å². The number of nitrogens with zero attached hydrogens (tertiary/aromatic N) is 1. The van der Waals surface area contributed by atoms with Gasteiger partial charge in [-0.15, -0.1) is 22.7 Å². The number of amides is 1. The SMILES string of the molecule is CC(NC(=O)CN(C)S(=O)(=O)c1ccc(Cl)s1)c1cccs1. The van der Waals surface area contributed by atoms with Crippen LogP contribution in [0.1, 0.15) is 17.8 Å². The number of hydrogen-bond donors (Lipinski definition) is 1. The first kappa shape index (κ1) is 17.4. The lowest BCUT2D eigenvalue weighted by Gasteiger charge is -2.18. The van der Waals surface area contributed by atoms with Gasteiger partial charge >= 0.3 is 0 Å². The number of sulfonamides is 1. The molecular weight excluding hydrogens is 364 g/mol. The lowest BCUT2D eigenvalue weighted by Crippen LogP contribution is -2.38. The zero-order chi connectivity index (χ0) is 16.3. The Morgan fingerprint density at radius 1 is 1.41 bits per heavy atom. The molecule has 1 unspecified atom stereocenters. The number of carbonyl (C=O) groups excluding carboxylic acids is 1. The second kappa shape index (κ2) is 7.10. The molecule has 0 radical (unpaired) electrons. The molecule has 22 heavy (non-hydrogen) atoms. The standard InChI is InChI=1S/C13H15ClN2O3S3/c1-9(10-4-3-7-20-10)15-12(17)8-16(2)22(18,19)13-6-5-11(14)21-13/h3-7,9H,8H2,1-2H3,(H,15,17). The predicted octanol–water partition coefficient (Wildman–Crippen LogP) is 2.96. The van der Waals surface area contributed by atoms with Gasteiger partial charge in [0.05, 0.1) is 16.9 Å². The Balaban J connectivity index is 1.99. The Labute approximate surface area is 142 Å². The molecule has 1 N–H and O–H groups in total. The maximum absolute atomic E-state index is 12.3. The molecule has 0 aliphatic heterocycles. The van der Waals surface area contributed by atoms with E-state index in [0.717, 1.165) is 20.5 Å². The van der Waals surface area contributed by atoms with Crippen molar-refractivity contribution in [3.05, 3.63) is 38.9 Å². The highest BCUT2D eigenvalue weighted by Gasteiger charge is 2.25. The van der Waals surface area contributed by atoms with Crippen molar-refractivity contribution < 1.29 is 13.2 Å². The van der Waals surface area contributed by atoms with Crippen molar-refractivity contribution in [3.8, 4) is 0 Å². The highest BCUT2D eigenvalue weighted by Crippen LogP contribution is 2.27. The van der Waals surface area contributed by atoms with Gasteiger partial charge in [0.15, 0.2) is 0 Å². The summed E-state index contributed by atoms with van der Waals surface area (Å²) in [4.78, 5) is 13.0. The van der Waals surface area contributed by atoms with Crippen molar-refractivity contribution in [2.45, 2.75) is 17.2 Å². The summed E-state index contributed by atoms with van der Waals surface area (Å²) in [6.45, 7) is 1.62. The van der Waals surface area contributed by atoms with Crippen LogP contribution in [0.5, 0.6) is 0 Å². The fourth-order valence-corrected chi connectivity index (χ4v) is 5.33. The van der Waals surface area contributed by atoms with Gasteiger partial charge in [-0.1, -0.05) is 17.7 Å². The number of carbonyl (C=O) groups is 1. The largest absolute Gasteiger partial charge is 0.348 e. The molecule has 0 fully saturated rings. The minimum absolute atomic E-state index is 0.124. The lowest BCUT2D eigenvalue weighted by molar-refractivity contribution is -0.121. The number of likely N-dealkylation sites (N-methyl/N-ethyl adjacent to an activating group) is 1. The summed E-state index contributed by atoms with van der Waals surface area (Å²) in [5, 5.41) is 4.71. The van der Waals surface area contributed by atoms with Crippen molar-refractivity contribution in [2.24, 2.45) is 0 Å². The van der Waals surface area contributed by atoms with E-state index in [4.69, 9.17) is 11.6 Å². The Bertz CT molecular complexity index is 740. The molecule has 2 aromatic heterocycles. The van der Waals surface area contributed by atoms with Crippen LogP contribution in [0.2, 0.25) is 4.34 Å². The van der Waals surface area contributed by atoms with Crippen LogP contribution in [0.15, 0.2) is 33.9 Å². The molecule has 1 amide bonds. The first-order valence-electron chi connectivity index (χ1n) is 6.35. The molecule has 1 atom stereocenters. The summed E-state index contributed by atoms with van der Waals surface area (Å²) in [6, 6.07) is 6.63. The van der Waals surface area contributed by atoms with Gasteiger partial charge in [-0.05, 0) is 30.5 Å². The van der Waals surface area contributed by atoms with Gasteiger partial charge in [0, 0.05) is 11.9 Å². The van der Waals surface area contributed by atoms with Gasteiger partial charge in [-0.25, -0.2) is 8.42 Å². The van der Waals surface area contributed by atoms with Crippen LogP contribution in [0.3, 0.4) is 0 Å². The van der Waals surface area contributed by atoms with Crippen LogP contribution in [0.4, 0.5) is 0 Å². The fraction of sp³-hybridized carbons (Fsp3) is 0.308. The van der Waals surface area contributed by atoms with E-state index >= 15 is 0 Å². The van der Waals surface area contributed by atoms with Gasteiger partial charge in [0.2, 0.25) is 5.91 Å². The Morgan fingerprint density at radius 2 is 2.14 bits per heavy atom.